The zero-order chi connectivity index (χ0) is 44.3. The fourth-order valence-corrected chi connectivity index (χ4v) is 9.84. The molecular formula is C62H39N5. The molecule has 312 valence electrons. The van der Waals surface area contributed by atoms with Crippen molar-refractivity contribution in [3.63, 3.8) is 0 Å². The summed E-state index contributed by atoms with van der Waals surface area (Å²) in [4.78, 5) is 21.6. The van der Waals surface area contributed by atoms with Crippen molar-refractivity contribution in [2.24, 2.45) is 0 Å². The second-order valence-electron chi connectivity index (χ2n) is 17.0. The Balaban J connectivity index is 1.04. The molecule has 67 heavy (non-hydrogen) atoms. The highest BCUT2D eigenvalue weighted by atomic mass is 15.1. The van der Waals surface area contributed by atoms with E-state index in [-0.39, 0.29) is 0 Å². The van der Waals surface area contributed by atoms with Crippen molar-refractivity contribution in [2.45, 2.75) is 0 Å². The van der Waals surface area contributed by atoms with Gasteiger partial charge in [-0.3, -0.25) is 4.57 Å². The summed E-state index contributed by atoms with van der Waals surface area (Å²) in [6.45, 7) is 0. The molecule has 0 aliphatic carbocycles. The van der Waals surface area contributed by atoms with Crippen molar-refractivity contribution < 1.29 is 0 Å². The third-order valence-electron chi connectivity index (χ3n) is 13.0. The third-order valence-corrected chi connectivity index (χ3v) is 13.0. The fraction of sp³-hybridized carbons (Fsp3) is 0. The largest absolute Gasteiger partial charge is 0.292 e. The van der Waals surface area contributed by atoms with Crippen LogP contribution in [0.25, 0.3) is 128 Å². The second-order valence-corrected chi connectivity index (χ2v) is 17.0. The first kappa shape index (κ1) is 38.4. The summed E-state index contributed by atoms with van der Waals surface area (Å²) < 4.78 is 2.29. The lowest BCUT2D eigenvalue weighted by Crippen LogP contribution is -2.02. The average Bonchev–Trinajstić information content (AvgIpc) is 3.80. The van der Waals surface area contributed by atoms with Crippen LogP contribution in [0.1, 0.15) is 0 Å². The molecule has 0 saturated heterocycles. The van der Waals surface area contributed by atoms with Crippen LogP contribution in [-0.2, 0) is 0 Å². The van der Waals surface area contributed by atoms with Gasteiger partial charge in [-0.05, 0) is 108 Å². The monoisotopic (exact) mass is 853 g/mol. The van der Waals surface area contributed by atoms with E-state index in [4.69, 9.17) is 19.9 Å². The van der Waals surface area contributed by atoms with Gasteiger partial charge in [-0.15, -0.1) is 0 Å². The summed E-state index contributed by atoms with van der Waals surface area (Å²) in [6, 6.07) is 83.4. The molecule has 0 spiro atoms. The molecule has 5 nitrogen and oxygen atoms in total. The minimum atomic E-state index is 0.595. The highest BCUT2D eigenvalue weighted by Crippen LogP contribution is 2.41. The predicted molar refractivity (Wildman–Crippen MR) is 277 cm³/mol. The first-order valence-electron chi connectivity index (χ1n) is 22.6. The van der Waals surface area contributed by atoms with Crippen molar-refractivity contribution in [3.05, 3.63) is 237 Å². The summed E-state index contributed by atoms with van der Waals surface area (Å²) in [5.41, 5.74) is 11.2. The van der Waals surface area contributed by atoms with Crippen molar-refractivity contribution >= 4 is 54.1 Å². The SMILES string of the molecule is c1ccc(-c2cc(-c3ccccc3)c3nc(-c4ccccc4)n(-c4ccc(-c5nc(-c6cc7ccccc7c7ccccc67)nc(-c6cc7ccccc7c7ccccc67)n5)cc4)c3c2)cc1. The lowest BCUT2D eigenvalue weighted by molar-refractivity contribution is 1.07. The molecule has 0 aliphatic rings. The van der Waals surface area contributed by atoms with Gasteiger partial charge < -0.3 is 0 Å². The minimum Gasteiger partial charge on any atom is -0.292 e. The Morgan fingerprint density at radius 1 is 0.269 bits per heavy atom. The zero-order valence-corrected chi connectivity index (χ0v) is 36.3. The van der Waals surface area contributed by atoms with Crippen LogP contribution in [0.4, 0.5) is 0 Å². The zero-order valence-electron chi connectivity index (χ0n) is 36.3. The van der Waals surface area contributed by atoms with Crippen LogP contribution in [0.2, 0.25) is 0 Å². The number of aromatic nitrogens is 5. The van der Waals surface area contributed by atoms with Gasteiger partial charge in [0.05, 0.1) is 11.0 Å². The molecule has 13 rings (SSSR count). The number of hydrogen-bond acceptors (Lipinski definition) is 4. The van der Waals surface area contributed by atoms with Gasteiger partial charge in [-0.2, -0.15) is 0 Å². The number of nitrogens with zero attached hydrogens (tertiary/aromatic N) is 5. The van der Waals surface area contributed by atoms with Gasteiger partial charge >= 0.3 is 0 Å². The van der Waals surface area contributed by atoms with Crippen LogP contribution < -0.4 is 0 Å². The number of benzene rings is 11. The van der Waals surface area contributed by atoms with Crippen molar-refractivity contribution in [3.8, 4) is 73.5 Å². The smallest absolute Gasteiger partial charge is 0.164 e. The van der Waals surface area contributed by atoms with Gasteiger partial charge in [0.15, 0.2) is 17.5 Å². The summed E-state index contributed by atoms with van der Waals surface area (Å²) >= 11 is 0. The van der Waals surface area contributed by atoms with E-state index in [2.05, 4.69) is 235 Å². The molecule has 11 aromatic carbocycles. The van der Waals surface area contributed by atoms with Gasteiger partial charge in [0, 0.05) is 33.5 Å². The Morgan fingerprint density at radius 3 is 1.27 bits per heavy atom. The summed E-state index contributed by atoms with van der Waals surface area (Å²) in [5, 5.41) is 9.16. The summed E-state index contributed by atoms with van der Waals surface area (Å²) in [6.07, 6.45) is 0. The van der Waals surface area contributed by atoms with Crippen LogP contribution in [0, 0.1) is 0 Å². The van der Waals surface area contributed by atoms with E-state index in [1.807, 2.05) is 6.07 Å². The lowest BCUT2D eigenvalue weighted by Gasteiger charge is -2.15. The van der Waals surface area contributed by atoms with E-state index in [0.717, 1.165) is 99.4 Å². The Bertz CT molecular complexity index is 3870. The molecule has 0 atom stereocenters. The van der Waals surface area contributed by atoms with Crippen LogP contribution in [-0.4, -0.2) is 24.5 Å². The minimum absolute atomic E-state index is 0.595. The van der Waals surface area contributed by atoms with Gasteiger partial charge in [0.1, 0.15) is 5.82 Å². The molecule has 5 heteroatoms. The quantitative estimate of drug-likeness (QED) is 0.150. The molecule has 0 N–H and O–H groups in total. The molecular weight excluding hydrogens is 815 g/mol. The lowest BCUT2D eigenvalue weighted by atomic mass is 9.96. The van der Waals surface area contributed by atoms with E-state index >= 15 is 0 Å². The van der Waals surface area contributed by atoms with Crippen LogP contribution in [0.15, 0.2) is 237 Å². The molecule has 0 fully saturated rings. The van der Waals surface area contributed by atoms with Gasteiger partial charge in [-0.25, -0.2) is 19.9 Å². The molecule has 13 aromatic rings. The highest BCUT2D eigenvalue weighted by Gasteiger charge is 2.22. The van der Waals surface area contributed by atoms with E-state index in [1.165, 1.54) is 10.8 Å². The molecule has 0 saturated carbocycles. The number of fused-ring (bicyclic) bond motifs is 7. The number of hydrogen-bond donors (Lipinski definition) is 0. The van der Waals surface area contributed by atoms with Crippen LogP contribution in [0.3, 0.4) is 0 Å². The Labute approximate surface area is 387 Å². The fourth-order valence-electron chi connectivity index (χ4n) is 9.84. The average molecular weight is 854 g/mol. The van der Waals surface area contributed by atoms with Crippen molar-refractivity contribution in [2.75, 3.05) is 0 Å². The molecule has 2 heterocycles. The number of rotatable bonds is 7. The topological polar surface area (TPSA) is 56.5 Å². The van der Waals surface area contributed by atoms with E-state index < -0.39 is 0 Å². The van der Waals surface area contributed by atoms with Crippen molar-refractivity contribution in [1.29, 1.82) is 0 Å². The molecule has 0 amide bonds. The molecule has 0 aliphatic heterocycles. The van der Waals surface area contributed by atoms with E-state index in [0.29, 0.717) is 17.5 Å². The molecule has 0 unspecified atom stereocenters. The predicted octanol–water partition coefficient (Wildman–Crippen LogP) is 15.8. The first-order valence-corrected chi connectivity index (χ1v) is 22.6. The second kappa shape index (κ2) is 15.9. The van der Waals surface area contributed by atoms with Gasteiger partial charge in [0.2, 0.25) is 0 Å². The van der Waals surface area contributed by atoms with Crippen LogP contribution in [0.5, 0.6) is 0 Å². The maximum Gasteiger partial charge on any atom is 0.164 e. The highest BCUT2D eigenvalue weighted by molar-refractivity contribution is 6.15. The third kappa shape index (κ3) is 6.64. The standard InChI is InChI=1S/C62H39N5/c1-4-18-40(19-5-1)46-38-54(41-20-6-2-7-21-41)58-57(39-46)67(62(63-58)43-22-8-3-9-23-43)47-34-32-42(33-35-47)59-64-60(55-36-44-24-10-12-26-48(44)50-28-14-16-30-52(50)55)66-61(65-59)56-37-45-25-11-13-27-49(45)51-29-15-17-31-53(51)56/h1-39H. The van der Waals surface area contributed by atoms with Gasteiger partial charge in [-0.1, -0.05) is 188 Å². The van der Waals surface area contributed by atoms with Crippen LogP contribution >= 0.6 is 0 Å². The van der Waals surface area contributed by atoms with Gasteiger partial charge in [0.25, 0.3) is 0 Å². The molecule has 0 radical (unpaired) electrons. The molecule has 0 bridgehead atoms. The Hall–Kier alpha value is -9.06. The maximum absolute atomic E-state index is 5.46. The maximum atomic E-state index is 5.46. The van der Waals surface area contributed by atoms with E-state index in [1.54, 1.807) is 0 Å². The normalized spacial score (nSPS) is 11.6. The molecule has 2 aromatic heterocycles. The van der Waals surface area contributed by atoms with Crippen molar-refractivity contribution in [1.82, 2.24) is 24.5 Å². The van der Waals surface area contributed by atoms with E-state index in [9.17, 15) is 0 Å². The first-order chi connectivity index (χ1) is 33.2. The summed E-state index contributed by atoms with van der Waals surface area (Å²) in [5.74, 6) is 2.70. The number of imidazole rings is 1. The Morgan fingerprint density at radius 2 is 0.716 bits per heavy atom. The summed E-state index contributed by atoms with van der Waals surface area (Å²) in [7, 11) is 0. The Kier molecular flexibility index (Phi) is 9.10.